The van der Waals surface area contributed by atoms with Crippen molar-refractivity contribution in [3.63, 3.8) is 0 Å². The van der Waals surface area contributed by atoms with Gasteiger partial charge in [0.15, 0.2) is 5.17 Å². The molecule has 4 heteroatoms. The van der Waals surface area contributed by atoms with E-state index >= 15 is 0 Å². The lowest BCUT2D eigenvalue weighted by Gasteiger charge is -2.13. The second-order valence-corrected chi connectivity index (χ2v) is 6.22. The van der Waals surface area contributed by atoms with E-state index in [-0.39, 0.29) is 11.1 Å². The Kier molecular flexibility index (Phi) is 4.44. The van der Waals surface area contributed by atoms with Gasteiger partial charge in [-0.05, 0) is 48.0 Å². The fourth-order valence-electron chi connectivity index (χ4n) is 2.36. The van der Waals surface area contributed by atoms with Crippen LogP contribution in [0.15, 0.2) is 77.2 Å². The van der Waals surface area contributed by atoms with Crippen molar-refractivity contribution in [2.75, 3.05) is 4.90 Å². The second-order valence-electron chi connectivity index (χ2n) is 5.19. The van der Waals surface area contributed by atoms with Crippen LogP contribution in [0.3, 0.4) is 0 Å². The smallest absolute Gasteiger partial charge is 0.271 e. The summed E-state index contributed by atoms with van der Waals surface area (Å²) in [5.74, 6) is -0.146. The number of nitrogens with one attached hydrogen (secondary N) is 1. The SMILES string of the molecule is CC(/C=C1\SC(=N)N(c2ccccc2)C1=O)=C\c1ccccc1. The lowest BCUT2D eigenvalue weighted by atomic mass is 10.1. The molecule has 114 valence electrons. The zero-order chi connectivity index (χ0) is 16.2. The summed E-state index contributed by atoms with van der Waals surface area (Å²) in [4.78, 5) is 14.6. The van der Waals surface area contributed by atoms with Crippen molar-refractivity contribution < 1.29 is 4.79 Å². The number of carbonyl (C=O) groups is 1. The Morgan fingerprint density at radius 3 is 2.30 bits per heavy atom. The van der Waals surface area contributed by atoms with Crippen LogP contribution in [0.4, 0.5) is 5.69 Å². The highest BCUT2D eigenvalue weighted by molar-refractivity contribution is 8.19. The van der Waals surface area contributed by atoms with Gasteiger partial charge in [-0.1, -0.05) is 54.6 Å². The average molecular weight is 320 g/mol. The van der Waals surface area contributed by atoms with Gasteiger partial charge in [0.25, 0.3) is 5.91 Å². The Balaban J connectivity index is 1.86. The van der Waals surface area contributed by atoms with Gasteiger partial charge in [0.05, 0.1) is 10.6 Å². The quantitative estimate of drug-likeness (QED) is 0.834. The number of hydrogen-bond acceptors (Lipinski definition) is 3. The summed E-state index contributed by atoms with van der Waals surface area (Å²) in [7, 11) is 0. The van der Waals surface area contributed by atoms with Gasteiger partial charge < -0.3 is 0 Å². The van der Waals surface area contributed by atoms with E-state index in [2.05, 4.69) is 0 Å². The number of amidine groups is 1. The lowest BCUT2D eigenvalue weighted by Crippen LogP contribution is -2.27. The summed E-state index contributed by atoms with van der Waals surface area (Å²) in [6, 6.07) is 19.3. The molecule has 1 fully saturated rings. The molecule has 0 atom stereocenters. The van der Waals surface area contributed by atoms with Gasteiger partial charge in [-0.25, -0.2) is 0 Å². The first-order valence-electron chi connectivity index (χ1n) is 7.26. The third kappa shape index (κ3) is 3.43. The minimum atomic E-state index is -0.146. The van der Waals surface area contributed by atoms with Crippen LogP contribution in [0, 0.1) is 5.41 Å². The van der Waals surface area contributed by atoms with E-state index in [1.54, 1.807) is 0 Å². The highest BCUT2D eigenvalue weighted by atomic mass is 32.2. The zero-order valence-electron chi connectivity index (χ0n) is 12.7. The molecule has 1 aliphatic heterocycles. The molecule has 1 N–H and O–H groups in total. The molecule has 0 saturated carbocycles. The van der Waals surface area contributed by atoms with Gasteiger partial charge in [0, 0.05) is 0 Å². The Hall–Kier alpha value is -2.59. The first-order valence-corrected chi connectivity index (χ1v) is 8.08. The highest BCUT2D eigenvalue weighted by Gasteiger charge is 2.33. The van der Waals surface area contributed by atoms with E-state index in [0.717, 1.165) is 16.8 Å². The van der Waals surface area contributed by atoms with E-state index in [1.807, 2.05) is 79.7 Å². The monoisotopic (exact) mass is 320 g/mol. The molecular formula is C19H16N2OS. The van der Waals surface area contributed by atoms with Gasteiger partial charge in [-0.15, -0.1) is 0 Å². The van der Waals surface area contributed by atoms with Gasteiger partial charge in [0.2, 0.25) is 0 Å². The number of thioether (sulfide) groups is 1. The Morgan fingerprint density at radius 2 is 1.65 bits per heavy atom. The molecule has 1 amide bonds. The van der Waals surface area contributed by atoms with Crippen LogP contribution in [-0.4, -0.2) is 11.1 Å². The van der Waals surface area contributed by atoms with E-state index in [0.29, 0.717) is 4.91 Å². The topological polar surface area (TPSA) is 44.2 Å². The summed E-state index contributed by atoms with van der Waals surface area (Å²) >= 11 is 1.20. The summed E-state index contributed by atoms with van der Waals surface area (Å²) < 4.78 is 0. The first-order chi connectivity index (χ1) is 11.1. The highest BCUT2D eigenvalue weighted by Crippen LogP contribution is 2.34. The van der Waals surface area contributed by atoms with Crippen molar-refractivity contribution in [2.24, 2.45) is 0 Å². The molecule has 0 bridgehead atoms. The van der Waals surface area contributed by atoms with Gasteiger partial charge >= 0.3 is 0 Å². The second kappa shape index (κ2) is 6.67. The Morgan fingerprint density at radius 1 is 1.04 bits per heavy atom. The maximum atomic E-state index is 12.6. The molecule has 1 heterocycles. The number of anilines is 1. The molecule has 0 radical (unpaired) electrons. The largest absolute Gasteiger partial charge is 0.278 e. The van der Waals surface area contributed by atoms with Crippen LogP contribution in [0.2, 0.25) is 0 Å². The first kappa shape index (κ1) is 15.3. The standard InChI is InChI=1S/C19H16N2OS/c1-14(12-15-8-4-2-5-9-15)13-17-18(22)21(19(20)23-17)16-10-6-3-7-11-16/h2-13,20H,1H3/b14-12+,17-13-,20-19?. The molecule has 23 heavy (non-hydrogen) atoms. The van der Waals surface area contributed by atoms with Gasteiger partial charge in [-0.3, -0.25) is 15.1 Å². The fourth-order valence-corrected chi connectivity index (χ4v) is 3.27. The molecule has 0 aromatic heterocycles. The van der Waals surface area contributed by atoms with Crippen molar-refractivity contribution in [3.8, 4) is 0 Å². The predicted molar refractivity (Wildman–Crippen MR) is 97.4 cm³/mol. The summed E-state index contributed by atoms with van der Waals surface area (Å²) in [6.07, 6.45) is 3.87. The van der Waals surface area contributed by atoms with Crippen molar-refractivity contribution >= 4 is 34.6 Å². The molecule has 2 aromatic rings. The minimum absolute atomic E-state index is 0.146. The maximum absolute atomic E-state index is 12.6. The molecular weight excluding hydrogens is 304 g/mol. The number of nitrogens with zero attached hydrogens (tertiary/aromatic N) is 1. The van der Waals surface area contributed by atoms with Crippen LogP contribution in [0.5, 0.6) is 0 Å². The summed E-state index contributed by atoms with van der Waals surface area (Å²) in [6.45, 7) is 1.96. The normalized spacial score (nSPS) is 17.2. The number of carbonyl (C=O) groups excluding carboxylic acids is 1. The fraction of sp³-hybridized carbons (Fsp3) is 0.0526. The third-order valence-corrected chi connectivity index (χ3v) is 4.28. The van der Waals surface area contributed by atoms with Crippen LogP contribution in [0.1, 0.15) is 12.5 Å². The van der Waals surface area contributed by atoms with E-state index < -0.39 is 0 Å². The van der Waals surface area contributed by atoms with Gasteiger partial charge in [-0.2, -0.15) is 0 Å². The molecule has 0 spiro atoms. The van der Waals surface area contributed by atoms with Crippen LogP contribution < -0.4 is 4.90 Å². The number of benzene rings is 2. The van der Waals surface area contributed by atoms with Crippen molar-refractivity contribution in [3.05, 3.63) is 82.8 Å². The van der Waals surface area contributed by atoms with E-state index in [9.17, 15) is 4.79 Å². The number of allylic oxidation sites excluding steroid dienone is 2. The number of para-hydroxylation sites is 1. The molecule has 1 aliphatic rings. The molecule has 3 rings (SSSR count). The van der Waals surface area contributed by atoms with Crippen molar-refractivity contribution in [1.82, 2.24) is 0 Å². The third-order valence-electron chi connectivity index (χ3n) is 3.39. The number of rotatable bonds is 3. The lowest BCUT2D eigenvalue weighted by molar-refractivity contribution is -0.113. The molecule has 0 aliphatic carbocycles. The molecule has 3 nitrogen and oxygen atoms in total. The number of amides is 1. The Bertz CT molecular complexity index is 795. The van der Waals surface area contributed by atoms with Gasteiger partial charge in [0.1, 0.15) is 0 Å². The van der Waals surface area contributed by atoms with E-state index in [1.165, 1.54) is 16.7 Å². The van der Waals surface area contributed by atoms with Crippen molar-refractivity contribution in [2.45, 2.75) is 6.92 Å². The maximum Gasteiger partial charge on any atom is 0.271 e. The number of hydrogen-bond donors (Lipinski definition) is 1. The average Bonchev–Trinajstić information content (AvgIpc) is 2.83. The Labute approximate surface area is 139 Å². The van der Waals surface area contributed by atoms with Crippen LogP contribution >= 0.6 is 11.8 Å². The predicted octanol–water partition coefficient (Wildman–Crippen LogP) is 4.69. The van der Waals surface area contributed by atoms with Crippen LogP contribution in [0.25, 0.3) is 6.08 Å². The molecule has 2 aromatic carbocycles. The summed E-state index contributed by atoms with van der Waals surface area (Å²) in [5.41, 5.74) is 2.80. The summed E-state index contributed by atoms with van der Waals surface area (Å²) in [5, 5.41) is 8.31. The van der Waals surface area contributed by atoms with Crippen molar-refractivity contribution in [1.29, 1.82) is 5.41 Å². The molecule has 0 unspecified atom stereocenters. The minimum Gasteiger partial charge on any atom is -0.278 e. The molecule has 1 saturated heterocycles. The van der Waals surface area contributed by atoms with E-state index in [4.69, 9.17) is 5.41 Å². The zero-order valence-corrected chi connectivity index (χ0v) is 13.5. The van der Waals surface area contributed by atoms with Crippen LogP contribution in [-0.2, 0) is 4.79 Å².